The highest BCUT2D eigenvalue weighted by molar-refractivity contribution is 6.62. The zero-order chi connectivity index (χ0) is 16.8. The molecule has 2 aromatic rings. The van der Waals surface area contributed by atoms with Crippen LogP contribution in [0.2, 0.25) is 0 Å². The van der Waals surface area contributed by atoms with Crippen LogP contribution in [0, 0.1) is 5.82 Å². The number of benzene rings is 1. The van der Waals surface area contributed by atoms with Gasteiger partial charge in [0.2, 0.25) is 0 Å². The van der Waals surface area contributed by atoms with Gasteiger partial charge in [0.1, 0.15) is 5.82 Å². The van der Waals surface area contributed by atoms with Gasteiger partial charge in [-0.3, -0.25) is 9.36 Å². The number of nitrogens with zero attached hydrogens (tertiary/aromatic N) is 1. The fraction of sp³-hybridized carbons (Fsp3) is 0.353. The minimum atomic E-state index is -0.548. The summed E-state index contributed by atoms with van der Waals surface area (Å²) in [6, 6.07) is 9.53. The van der Waals surface area contributed by atoms with Crippen molar-refractivity contribution in [3.8, 4) is 5.69 Å². The van der Waals surface area contributed by atoms with Crippen LogP contribution in [0.5, 0.6) is 0 Å². The molecule has 1 aliphatic heterocycles. The summed E-state index contributed by atoms with van der Waals surface area (Å²) in [5.41, 5.74) is 0.177. The first kappa shape index (κ1) is 16.0. The molecule has 4 nitrogen and oxygen atoms in total. The monoisotopic (exact) mass is 315 g/mol. The van der Waals surface area contributed by atoms with Gasteiger partial charge in [0.15, 0.2) is 0 Å². The topological polar surface area (TPSA) is 40.5 Å². The lowest BCUT2D eigenvalue weighted by Gasteiger charge is -2.32. The van der Waals surface area contributed by atoms with Crippen molar-refractivity contribution in [2.24, 2.45) is 0 Å². The Morgan fingerprint density at radius 2 is 1.70 bits per heavy atom. The lowest BCUT2D eigenvalue weighted by molar-refractivity contribution is 0.00578. The Morgan fingerprint density at radius 1 is 1.04 bits per heavy atom. The molecule has 1 aromatic carbocycles. The van der Waals surface area contributed by atoms with Gasteiger partial charge in [0.05, 0.1) is 11.2 Å². The minimum absolute atomic E-state index is 0.420. The summed E-state index contributed by atoms with van der Waals surface area (Å²) in [4.78, 5) is 11.9. The second-order valence-electron chi connectivity index (χ2n) is 6.74. The van der Waals surface area contributed by atoms with Crippen LogP contribution in [0.15, 0.2) is 47.4 Å². The van der Waals surface area contributed by atoms with E-state index in [-0.39, 0.29) is 0 Å². The van der Waals surface area contributed by atoms with E-state index in [1.54, 1.807) is 6.07 Å². The highest BCUT2D eigenvalue weighted by Gasteiger charge is 2.51. The van der Waals surface area contributed by atoms with Gasteiger partial charge >= 0.3 is 7.12 Å². The van der Waals surface area contributed by atoms with Gasteiger partial charge in [-0.1, -0.05) is 12.1 Å². The number of pyridine rings is 1. The molecule has 1 saturated heterocycles. The van der Waals surface area contributed by atoms with Crippen LogP contribution in [0.1, 0.15) is 27.7 Å². The smallest absolute Gasteiger partial charge is 0.399 e. The zero-order valence-corrected chi connectivity index (χ0v) is 13.7. The molecule has 0 aliphatic carbocycles. The quantitative estimate of drug-likeness (QED) is 0.798. The van der Waals surface area contributed by atoms with Crippen molar-refractivity contribution in [3.63, 3.8) is 0 Å². The first-order valence-electron chi connectivity index (χ1n) is 7.54. The van der Waals surface area contributed by atoms with E-state index in [1.165, 1.54) is 16.8 Å². The summed E-state index contributed by atoms with van der Waals surface area (Å²) in [5, 5.41) is 0. The van der Waals surface area contributed by atoms with Crippen LogP contribution in [0.25, 0.3) is 5.69 Å². The van der Waals surface area contributed by atoms with E-state index in [0.29, 0.717) is 5.69 Å². The Morgan fingerprint density at radius 3 is 2.30 bits per heavy atom. The molecule has 120 valence electrons. The summed E-state index contributed by atoms with van der Waals surface area (Å²) in [7, 11) is -0.504. The van der Waals surface area contributed by atoms with Gasteiger partial charge in [0.25, 0.3) is 5.56 Å². The van der Waals surface area contributed by atoms with Crippen molar-refractivity contribution in [3.05, 3.63) is 58.8 Å². The van der Waals surface area contributed by atoms with Gasteiger partial charge in [-0.15, -0.1) is 0 Å². The van der Waals surface area contributed by atoms with E-state index < -0.39 is 29.7 Å². The first-order chi connectivity index (χ1) is 10.7. The molecule has 0 amide bonds. The standard InChI is InChI=1S/C17H19BFNO3/c1-16(2)17(3,4)23-18(22-16)12-6-5-7-14(10-12)20-9-8-13(19)11-15(20)21/h5-11H,1-4H3. The molecule has 0 spiro atoms. The van der Waals surface area contributed by atoms with E-state index in [2.05, 4.69) is 0 Å². The van der Waals surface area contributed by atoms with Gasteiger partial charge in [-0.05, 0) is 51.4 Å². The van der Waals surface area contributed by atoms with Gasteiger partial charge < -0.3 is 9.31 Å². The van der Waals surface area contributed by atoms with Crippen molar-refractivity contribution in [1.29, 1.82) is 0 Å². The predicted molar refractivity (Wildman–Crippen MR) is 87.7 cm³/mol. The van der Waals surface area contributed by atoms with E-state index in [9.17, 15) is 9.18 Å². The molecule has 1 aliphatic rings. The first-order valence-corrected chi connectivity index (χ1v) is 7.54. The van der Waals surface area contributed by atoms with Crippen LogP contribution >= 0.6 is 0 Å². The highest BCUT2D eigenvalue weighted by Crippen LogP contribution is 2.36. The average Bonchev–Trinajstić information content (AvgIpc) is 2.68. The molecule has 6 heteroatoms. The van der Waals surface area contributed by atoms with Crippen molar-refractivity contribution < 1.29 is 13.7 Å². The third-order valence-corrected chi connectivity index (χ3v) is 4.56. The number of halogens is 1. The van der Waals surface area contributed by atoms with Crippen LogP contribution in [-0.4, -0.2) is 22.9 Å². The average molecular weight is 315 g/mol. The lowest BCUT2D eigenvalue weighted by Crippen LogP contribution is -2.41. The Hall–Kier alpha value is -1.92. The molecular weight excluding hydrogens is 296 g/mol. The van der Waals surface area contributed by atoms with E-state index in [4.69, 9.17) is 9.31 Å². The van der Waals surface area contributed by atoms with Crippen molar-refractivity contribution in [2.75, 3.05) is 0 Å². The summed E-state index contributed by atoms with van der Waals surface area (Å²) in [6.07, 6.45) is 1.42. The van der Waals surface area contributed by atoms with Gasteiger partial charge in [-0.2, -0.15) is 0 Å². The number of rotatable bonds is 2. The van der Waals surface area contributed by atoms with E-state index >= 15 is 0 Å². The molecule has 1 fully saturated rings. The van der Waals surface area contributed by atoms with E-state index in [1.807, 2.05) is 45.9 Å². The Bertz CT molecular complexity index is 784. The fourth-order valence-electron chi connectivity index (χ4n) is 2.47. The second-order valence-corrected chi connectivity index (χ2v) is 6.74. The molecule has 0 saturated carbocycles. The summed E-state index contributed by atoms with van der Waals surface area (Å²) in [6.45, 7) is 7.95. The Balaban J connectivity index is 1.97. The maximum Gasteiger partial charge on any atom is 0.494 e. The largest absolute Gasteiger partial charge is 0.494 e. The molecular formula is C17H19BFNO3. The molecule has 1 aromatic heterocycles. The maximum atomic E-state index is 13.1. The van der Waals surface area contributed by atoms with Crippen LogP contribution in [-0.2, 0) is 9.31 Å². The van der Waals surface area contributed by atoms with Crippen molar-refractivity contribution >= 4 is 12.6 Å². The SMILES string of the molecule is CC1(C)OB(c2cccc(-n3ccc(F)cc3=O)c2)OC1(C)C. The van der Waals surface area contributed by atoms with Crippen molar-refractivity contribution in [2.45, 2.75) is 38.9 Å². The minimum Gasteiger partial charge on any atom is -0.399 e. The molecule has 0 radical (unpaired) electrons. The third-order valence-electron chi connectivity index (χ3n) is 4.56. The van der Waals surface area contributed by atoms with Crippen LogP contribution in [0.3, 0.4) is 0 Å². The molecule has 0 N–H and O–H groups in total. The normalized spacial score (nSPS) is 19.1. The third kappa shape index (κ3) is 2.84. The Labute approximate surface area is 135 Å². The number of hydrogen-bond acceptors (Lipinski definition) is 3. The van der Waals surface area contributed by atoms with Gasteiger partial charge in [-0.25, -0.2) is 4.39 Å². The summed E-state index contributed by atoms with van der Waals surface area (Å²) >= 11 is 0. The molecule has 2 heterocycles. The molecule has 23 heavy (non-hydrogen) atoms. The maximum absolute atomic E-state index is 13.1. The lowest BCUT2D eigenvalue weighted by atomic mass is 9.79. The predicted octanol–water partition coefficient (Wildman–Crippen LogP) is 2.28. The second kappa shape index (κ2) is 5.32. The van der Waals surface area contributed by atoms with Crippen molar-refractivity contribution in [1.82, 2.24) is 4.57 Å². The van der Waals surface area contributed by atoms with E-state index in [0.717, 1.165) is 11.5 Å². The van der Waals surface area contributed by atoms with Crippen LogP contribution < -0.4 is 11.0 Å². The summed E-state index contributed by atoms with van der Waals surface area (Å²) < 4.78 is 26.5. The highest BCUT2D eigenvalue weighted by atomic mass is 19.1. The fourth-order valence-corrected chi connectivity index (χ4v) is 2.47. The number of aromatic nitrogens is 1. The zero-order valence-electron chi connectivity index (χ0n) is 13.7. The molecule has 3 rings (SSSR count). The van der Waals surface area contributed by atoms with Gasteiger partial charge in [0, 0.05) is 18.0 Å². The number of hydrogen-bond donors (Lipinski definition) is 0. The molecule has 0 bridgehead atoms. The van der Waals surface area contributed by atoms with Crippen LogP contribution in [0.4, 0.5) is 4.39 Å². The molecule has 0 unspecified atom stereocenters. The Kier molecular flexibility index (Phi) is 3.69. The summed E-state index contributed by atoms with van der Waals surface area (Å²) in [5.74, 6) is -0.548. The molecule has 0 atom stereocenters.